The smallest absolute Gasteiger partial charge is 0.272 e. The minimum atomic E-state index is -0.673. The van der Waals surface area contributed by atoms with Gasteiger partial charge in [-0.3, -0.25) is 25.7 Å². The van der Waals surface area contributed by atoms with E-state index in [-0.39, 0.29) is 22.5 Å². The standard InChI is InChI=1S/C15H18N4O4/c1-10-7-15(2,3)8-11(10)9-16-17-13-5-4-12(18(20)21)6-14(13)19(22)23/h4-6,9,17H,7-8H2,1-3H3/b16-9-. The summed E-state index contributed by atoms with van der Waals surface area (Å²) in [5.74, 6) is 0. The van der Waals surface area contributed by atoms with Crippen molar-refractivity contribution in [3.63, 3.8) is 0 Å². The SMILES string of the molecule is CC1=C(/C=N\Nc2ccc([N+](=O)[O-])cc2[N+](=O)[O-])CC(C)(C)C1. The molecule has 122 valence electrons. The largest absolute Gasteiger partial charge is 0.301 e. The molecule has 1 aromatic carbocycles. The van der Waals surface area contributed by atoms with Crippen molar-refractivity contribution in [2.45, 2.75) is 33.6 Å². The van der Waals surface area contributed by atoms with Crippen molar-refractivity contribution in [2.75, 3.05) is 5.43 Å². The fourth-order valence-corrected chi connectivity index (χ4v) is 2.78. The van der Waals surface area contributed by atoms with Crippen LogP contribution in [-0.4, -0.2) is 16.1 Å². The van der Waals surface area contributed by atoms with E-state index in [1.165, 1.54) is 17.7 Å². The predicted octanol–water partition coefficient (Wildman–Crippen LogP) is 4.04. The zero-order chi connectivity index (χ0) is 17.2. The van der Waals surface area contributed by atoms with Crippen molar-refractivity contribution in [1.82, 2.24) is 0 Å². The summed E-state index contributed by atoms with van der Waals surface area (Å²) in [5.41, 5.74) is 4.56. The summed E-state index contributed by atoms with van der Waals surface area (Å²) in [6.45, 7) is 6.39. The van der Waals surface area contributed by atoms with Crippen molar-refractivity contribution in [3.05, 3.63) is 49.6 Å². The van der Waals surface area contributed by atoms with Crippen molar-refractivity contribution >= 4 is 23.3 Å². The second-order valence-electron chi connectivity index (χ2n) is 6.41. The van der Waals surface area contributed by atoms with E-state index in [1.54, 1.807) is 6.21 Å². The molecule has 0 fully saturated rings. The molecule has 1 aromatic rings. The fourth-order valence-electron chi connectivity index (χ4n) is 2.78. The van der Waals surface area contributed by atoms with E-state index in [4.69, 9.17) is 0 Å². The van der Waals surface area contributed by atoms with E-state index >= 15 is 0 Å². The second-order valence-corrected chi connectivity index (χ2v) is 6.41. The number of anilines is 1. The van der Waals surface area contributed by atoms with Crippen LogP contribution in [-0.2, 0) is 0 Å². The fraction of sp³-hybridized carbons (Fsp3) is 0.400. The third-order valence-electron chi connectivity index (χ3n) is 3.76. The summed E-state index contributed by atoms with van der Waals surface area (Å²) >= 11 is 0. The van der Waals surface area contributed by atoms with Crippen LogP contribution in [0.2, 0.25) is 0 Å². The van der Waals surface area contributed by atoms with Crippen molar-refractivity contribution in [1.29, 1.82) is 0 Å². The molecule has 0 aromatic heterocycles. The van der Waals surface area contributed by atoms with Crippen LogP contribution in [0, 0.1) is 25.6 Å². The molecule has 0 saturated carbocycles. The van der Waals surface area contributed by atoms with Crippen molar-refractivity contribution < 1.29 is 9.85 Å². The first-order valence-corrected chi connectivity index (χ1v) is 7.10. The van der Waals surface area contributed by atoms with Crippen LogP contribution in [0.5, 0.6) is 0 Å². The predicted molar refractivity (Wildman–Crippen MR) is 87.6 cm³/mol. The zero-order valence-corrected chi connectivity index (χ0v) is 13.2. The number of hydrogen-bond donors (Lipinski definition) is 1. The summed E-state index contributed by atoms with van der Waals surface area (Å²) in [4.78, 5) is 20.4. The monoisotopic (exact) mass is 318 g/mol. The molecule has 0 saturated heterocycles. The number of allylic oxidation sites excluding steroid dienone is 2. The molecule has 0 amide bonds. The third-order valence-corrected chi connectivity index (χ3v) is 3.76. The molecule has 1 aliphatic rings. The van der Waals surface area contributed by atoms with Gasteiger partial charge in [-0.2, -0.15) is 5.10 Å². The zero-order valence-electron chi connectivity index (χ0n) is 13.2. The lowest BCUT2D eigenvalue weighted by atomic mass is 9.89. The summed E-state index contributed by atoms with van der Waals surface area (Å²) in [6, 6.07) is 3.41. The Morgan fingerprint density at radius 1 is 1.22 bits per heavy atom. The van der Waals surface area contributed by atoms with Gasteiger partial charge in [-0.25, -0.2) is 0 Å². The summed E-state index contributed by atoms with van der Waals surface area (Å²) in [6.07, 6.45) is 3.55. The molecule has 0 atom stereocenters. The quantitative estimate of drug-likeness (QED) is 0.500. The molecule has 23 heavy (non-hydrogen) atoms. The lowest BCUT2D eigenvalue weighted by Gasteiger charge is -2.16. The maximum atomic E-state index is 11.0. The molecular weight excluding hydrogens is 300 g/mol. The first-order chi connectivity index (χ1) is 10.7. The number of nitrogens with one attached hydrogen (secondary N) is 1. The third kappa shape index (κ3) is 3.91. The molecule has 2 rings (SSSR count). The van der Waals surface area contributed by atoms with Crippen LogP contribution in [0.1, 0.15) is 33.6 Å². The molecule has 0 heterocycles. The number of nitrogens with zero attached hydrogens (tertiary/aromatic N) is 3. The summed E-state index contributed by atoms with van der Waals surface area (Å²) in [5, 5.41) is 25.8. The van der Waals surface area contributed by atoms with E-state index in [1.807, 2.05) is 6.92 Å². The highest BCUT2D eigenvalue weighted by Gasteiger charge is 2.27. The van der Waals surface area contributed by atoms with E-state index in [9.17, 15) is 20.2 Å². The number of non-ortho nitro benzene ring substituents is 1. The van der Waals surface area contributed by atoms with Gasteiger partial charge in [-0.15, -0.1) is 0 Å². The average Bonchev–Trinajstić information content (AvgIpc) is 2.71. The van der Waals surface area contributed by atoms with E-state index in [2.05, 4.69) is 24.4 Å². The van der Waals surface area contributed by atoms with Gasteiger partial charge in [0, 0.05) is 6.07 Å². The Kier molecular flexibility index (Phi) is 4.44. The number of benzene rings is 1. The lowest BCUT2D eigenvalue weighted by molar-refractivity contribution is -0.393. The molecule has 0 spiro atoms. The van der Waals surface area contributed by atoms with Crippen LogP contribution >= 0.6 is 0 Å². The molecule has 0 aliphatic heterocycles. The topological polar surface area (TPSA) is 111 Å². The Hall–Kier alpha value is -2.77. The highest BCUT2D eigenvalue weighted by Crippen LogP contribution is 2.40. The van der Waals surface area contributed by atoms with Crippen LogP contribution in [0.25, 0.3) is 0 Å². The molecule has 0 unspecified atom stereocenters. The van der Waals surface area contributed by atoms with Gasteiger partial charge in [0.2, 0.25) is 0 Å². The second kappa shape index (κ2) is 6.15. The number of hydrazone groups is 1. The highest BCUT2D eigenvalue weighted by molar-refractivity contribution is 5.81. The minimum absolute atomic E-state index is 0.118. The van der Waals surface area contributed by atoms with Gasteiger partial charge in [-0.05, 0) is 36.8 Å². The molecular formula is C15H18N4O4. The van der Waals surface area contributed by atoms with Crippen molar-refractivity contribution in [2.24, 2.45) is 10.5 Å². The Morgan fingerprint density at radius 3 is 2.43 bits per heavy atom. The maximum Gasteiger partial charge on any atom is 0.301 e. The van der Waals surface area contributed by atoms with E-state index in [0.717, 1.165) is 24.5 Å². The number of nitro groups is 2. The molecule has 1 N–H and O–H groups in total. The normalized spacial score (nSPS) is 16.8. The maximum absolute atomic E-state index is 11.0. The molecule has 8 nitrogen and oxygen atoms in total. The van der Waals surface area contributed by atoms with Crippen LogP contribution in [0.4, 0.5) is 17.1 Å². The van der Waals surface area contributed by atoms with Gasteiger partial charge >= 0.3 is 5.69 Å². The van der Waals surface area contributed by atoms with Crippen molar-refractivity contribution in [3.8, 4) is 0 Å². The van der Waals surface area contributed by atoms with Gasteiger partial charge < -0.3 is 0 Å². The van der Waals surface area contributed by atoms with E-state index < -0.39 is 9.85 Å². The molecule has 0 radical (unpaired) electrons. The Labute approximate surface area is 133 Å². The van der Waals surface area contributed by atoms with Gasteiger partial charge in [0.05, 0.1) is 22.1 Å². The average molecular weight is 318 g/mol. The summed E-state index contributed by atoms with van der Waals surface area (Å²) in [7, 11) is 0. The van der Waals surface area contributed by atoms with Gasteiger partial charge in [0.25, 0.3) is 5.69 Å². The molecule has 8 heteroatoms. The van der Waals surface area contributed by atoms with Gasteiger partial charge in [0.1, 0.15) is 5.69 Å². The van der Waals surface area contributed by atoms with Crippen LogP contribution in [0.3, 0.4) is 0 Å². The van der Waals surface area contributed by atoms with Crippen LogP contribution in [0.15, 0.2) is 34.4 Å². The minimum Gasteiger partial charge on any atom is -0.272 e. The number of nitro benzene ring substituents is 2. The number of hydrogen-bond acceptors (Lipinski definition) is 6. The van der Waals surface area contributed by atoms with Gasteiger partial charge in [-0.1, -0.05) is 19.4 Å². The van der Waals surface area contributed by atoms with E-state index in [0.29, 0.717) is 0 Å². The van der Waals surface area contributed by atoms with Crippen LogP contribution < -0.4 is 5.43 Å². The Morgan fingerprint density at radius 2 is 1.91 bits per heavy atom. The molecule has 0 bridgehead atoms. The Balaban J connectivity index is 2.18. The number of rotatable bonds is 5. The Bertz CT molecular complexity index is 722. The first kappa shape index (κ1) is 16.6. The lowest BCUT2D eigenvalue weighted by Crippen LogP contribution is -2.05. The highest BCUT2D eigenvalue weighted by atomic mass is 16.6. The van der Waals surface area contributed by atoms with Gasteiger partial charge in [0.15, 0.2) is 0 Å². The first-order valence-electron chi connectivity index (χ1n) is 7.10. The molecule has 1 aliphatic carbocycles. The summed E-state index contributed by atoms with van der Waals surface area (Å²) < 4.78 is 0.